The van der Waals surface area contributed by atoms with Crippen LogP contribution in [0, 0.1) is 0 Å². The lowest BCUT2D eigenvalue weighted by atomic mass is 10.3. The predicted octanol–water partition coefficient (Wildman–Crippen LogP) is 3.58. The Balaban J connectivity index is 2.17. The Morgan fingerprint density at radius 3 is 2.00 bits per heavy atom. The number of rotatable bonds is 8. The maximum Gasteiger partial charge on any atom is 0.402 e. The highest BCUT2D eigenvalue weighted by Crippen LogP contribution is 2.29. The molecule has 2 aromatic carbocycles. The van der Waals surface area contributed by atoms with Gasteiger partial charge in [0.15, 0.2) is 0 Å². The smallest absolute Gasteiger partial charge is 0.402 e. The fraction of sp³-hybridized carbons (Fsp3) is 0.200. The van der Waals surface area contributed by atoms with Gasteiger partial charge in [0, 0.05) is 5.69 Å². The molecule has 0 spiro atoms. The summed E-state index contributed by atoms with van der Waals surface area (Å²) in [6.07, 6.45) is -4.75. The first-order valence-electron chi connectivity index (χ1n) is 7.63. The van der Waals surface area contributed by atoms with Gasteiger partial charge >= 0.3 is 12.8 Å². The van der Waals surface area contributed by atoms with E-state index in [1.165, 1.54) is 4.72 Å². The van der Waals surface area contributed by atoms with Crippen LogP contribution < -0.4 is 14.2 Å². The molecule has 0 radical (unpaired) electrons. The average Bonchev–Trinajstić information content (AvgIpc) is 2.61. The van der Waals surface area contributed by atoms with Crippen LogP contribution in [0.15, 0.2) is 52.3 Å². The van der Waals surface area contributed by atoms with Crippen LogP contribution in [0.1, 0.15) is 0 Å². The van der Waals surface area contributed by atoms with Crippen LogP contribution in [-0.4, -0.2) is 36.2 Å². The zero-order chi connectivity index (χ0) is 22.7. The molecular formula is C15H12ClF5N2O5S2. The summed E-state index contributed by atoms with van der Waals surface area (Å²) >= 11 is 5.71. The molecule has 0 amide bonds. The van der Waals surface area contributed by atoms with Crippen molar-refractivity contribution in [2.75, 3.05) is 11.3 Å². The number of ether oxygens (including phenoxy) is 1. The zero-order valence-electron chi connectivity index (χ0n) is 14.5. The summed E-state index contributed by atoms with van der Waals surface area (Å²) in [6, 6.07) is 6.54. The van der Waals surface area contributed by atoms with E-state index in [9.17, 15) is 38.8 Å². The summed E-state index contributed by atoms with van der Waals surface area (Å²) in [6.45, 7) is -4.93. The van der Waals surface area contributed by atoms with Gasteiger partial charge in [-0.2, -0.15) is 22.0 Å². The second kappa shape index (κ2) is 8.91. The van der Waals surface area contributed by atoms with Crippen molar-refractivity contribution in [1.82, 2.24) is 4.72 Å². The summed E-state index contributed by atoms with van der Waals surface area (Å²) in [7, 11) is -8.72. The molecule has 0 heterocycles. The molecule has 0 unspecified atom stereocenters. The monoisotopic (exact) mass is 494 g/mol. The number of halogens is 6. The Hall–Kier alpha value is -2.16. The molecule has 2 N–H and O–H groups in total. The molecule has 0 aromatic heterocycles. The zero-order valence-corrected chi connectivity index (χ0v) is 16.8. The quantitative estimate of drug-likeness (QED) is 0.546. The lowest BCUT2D eigenvalue weighted by molar-refractivity contribution is -0.121. The van der Waals surface area contributed by atoms with E-state index in [2.05, 4.69) is 9.46 Å². The van der Waals surface area contributed by atoms with Gasteiger partial charge in [-0.1, -0.05) is 11.6 Å². The molecular weight excluding hydrogens is 483 g/mol. The molecule has 0 atom stereocenters. The third-order valence-electron chi connectivity index (χ3n) is 3.31. The van der Waals surface area contributed by atoms with Crippen molar-refractivity contribution in [2.45, 2.75) is 22.6 Å². The van der Waals surface area contributed by atoms with Gasteiger partial charge in [0.2, 0.25) is 10.0 Å². The van der Waals surface area contributed by atoms with Crippen LogP contribution in [0.2, 0.25) is 5.02 Å². The van der Waals surface area contributed by atoms with Crippen LogP contribution in [0.25, 0.3) is 0 Å². The molecule has 30 heavy (non-hydrogen) atoms. The second-order valence-electron chi connectivity index (χ2n) is 5.54. The minimum Gasteiger partial charge on any atom is -0.433 e. The van der Waals surface area contributed by atoms with E-state index in [-0.39, 0.29) is 5.69 Å². The number of alkyl halides is 5. The molecule has 0 aliphatic rings. The summed E-state index contributed by atoms with van der Waals surface area (Å²) in [5.74, 6) is -0.438. The van der Waals surface area contributed by atoms with Gasteiger partial charge in [-0.05, 0) is 42.5 Å². The molecule has 166 valence electrons. The van der Waals surface area contributed by atoms with Crippen LogP contribution in [0.4, 0.5) is 27.6 Å². The Morgan fingerprint density at radius 2 is 1.50 bits per heavy atom. The molecule has 0 bridgehead atoms. The van der Waals surface area contributed by atoms with E-state index >= 15 is 0 Å². The number of nitrogens with one attached hydrogen (secondary N) is 2. The van der Waals surface area contributed by atoms with Gasteiger partial charge in [0.05, 0.1) is 14.8 Å². The number of hydrogen-bond donors (Lipinski definition) is 2. The van der Waals surface area contributed by atoms with Crippen molar-refractivity contribution >= 4 is 37.3 Å². The van der Waals surface area contributed by atoms with E-state index < -0.39 is 59.9 Å². The molecule has 0 aliphatic heterocycles. The highest BCUT2D eigenvalue weighted by Gasteiger charge is 2.30. The minimum atomic E-state index is -4.75. The topological polar surface area (TPSA) is 102 Å². The Kier molecular flexibility index (Phi) is 7.16. The van der Waals surface area contributed by atoms with Gasteiger partial charge < -0.3 is 4.74 Å². The van der Waals surface area contributed by atoms with Gasteiger partial charge in [-0.25, -0.2) is 21.6 Å². The van der Waals surface area contributed by atoms with Crippen molar-refractivity contribution in [1.29, 1.82) is 0 Å². The van der Waals surface area contributed by atoms with Crippen LogP contribution >= 0.6 is 11.6 Å². The molecule has 2 rings (SSSR count). The van der Waals surface area contributed by atoms with Crippen molar-refractivity contribution in [3.8, 4) is 5.75 Å². The van der Waals surface area contributed by atoms with Crippen molar-refractivity contribution in [3.05, 3.63) is 47.5 Å². The number of benzene rings is 2. The van der Waals surface area contributed by atoms with Crippen molar-refractivity contribution in [2.24, 2.45) is 0 Å². The van der Waals surface area contributed by atoms with E-state index in [0.29, 0.717) is 0 Å². The van der Waals surface area contributed by atoms with Crippen molar-refractivity contribution < 1.29 is 43.5 Å². The Labute approximate surface area is 172 Å². The Bertz CT molecular complexity index is 1110. The Morgan fingerprint density at radius 1 is 0.933 bits per heavy atom. The molecule has 7 nitrogen and oxygen atoms in total. The number of hydrogen-bond acceptors (Lipinski definition) is 5. The third kappa shape index (κ3) is 6.68. The number of anilines is 1. The molecule has 0 fully saturated rings. The van der Waals surface area contributed by atoms with Crippen molar-refractivity contribution in [3.63, 3.8) is 0 Å². The largest absolute Gasteiger partial charge is 0.433 e. The van der Waals surface area contributed by atoms with Gasteiger partial charge in [0.1, 0.15) is 12.3 Å². The van der Waals surface area contributed by atoms with Gasteiger partial charge in [-0.15, -0.1) is 0 Å². The first-order valence-corrected chi connectivity index (χ1v) is 11.0. The average molecular weight is 495 g/mol. The van der Waals surface area contributed by atoms with E-state index in [1.54, 1.807) is 0 Å². The standard InChI is InChI=1S/C15H12ClF5N2O5S2/c16-12-7-11(5-6-13(12)28-14(17)18)30(26,27)23-9-1-3-10(4-2-9)29(24,25)22-8-15(19,20)21/h1-7,14,22-23H,8H2. The van der Waals surface area contributed by atoms with E-state index in [4.69, 9.17) is 11.6 Å². The summed E-state index contributed by atoms with van der Waals surface area (Å²) in [4.78, 5) is -0.927. The minimum absolute atomic E-state index is 0.117. The number of sulfonamides is 2. The second-order valence-corrected chi connectivity index (χ2v) is 9.40. The summed E-state index contributed by atoms with van der Waals surface area (Å²) in [5.41, 5.74) is -0.117. The lowest BCUT2D eigenvalue weighted by Crippen LogP contribution is -2.33. The first kappa shape index (κ1) is 24.1. The third-order valence-corrected chi connectivity index (χ3v) is 6.40. The highest BCUT2D eigenvalue weighted by atomic mass is 35.5. The van der Waals surface area contributed by atoms with Gasteiger partial charge in [-0.3, -0.25) is 4.72 Å². The molecule has 0 saturated carbocycles. The fourth-order valence-electron chi connectivity index (χ4n) is 2.02. The van der Waals surface area contributed by atoms with E-state index in [0.717, 1.165) is 42.5 Å². The summed E-state index contributed by atoms with van der Waals surface area (Å²) < 4.78 is 117. The normalized spacial score (nSPS) is 12.8. The maximum absolute atomic E-state index is 12.4. The molecule has 0 aliphatic carbocycles. The van der Waals surface area contributed by atoms with Crippen LogP contribution in [-0.2, 0) is 20.0 Å². The van der Waals surface area contributed by atoms with Crippen LogP contribution in [0.3, 0.4) is 0 Å². The maximum atomic E-state index is 12.4. The van der Waals surface area contributed by atoms with Crippen LogP contribution in [0.5, 0.6) is 5.75 Å². The van der Waals surface area contributed by atoms with E-state index in [1.807, 2.05) is 0 Å². The summed E-state index contributed by atoms with van der Waals surface area (Å²) in [5, 5.41) is -0.393. The molecule has 15 heteroatoms. The predicted molar refractivity (Wildman–Crippen MR) is 96.6 cm³/mol. The fourth-order valence-corrected chi connectivity index (χ4v) is 4.41. The SMILES string of the molecule is O=S(=O)(NCC(F)(F)F)c1ccc(NS(=O)(=O)c2ccc(OC(F)F)c(Cl)c2)cc1. The first-order chi connectivity index (χ1) is 13.7. The lowest BCUT2D eigenvalue weighted by Gasteiger charge is -2.12. The highest BCUT2D eigenvalue weighted by molar-refractivity contribution is 7.92. The van der Waals surface area contributed by atoms with Gasteiger partial charge in [0.25, 0.3) is 10.0 Å². The molecule has 2 aromatic rings. The molecule has 0 saturated heterocycles.